The van der Waals surface area contributed by atoms with Crippen molar-refractivity contribution in [3.05, 3.63) is 52.2 Å². The van der Waals surface area contributed by atoms with E-state index >= 15 is 0 Å². The molecule has 0 unspecified atom stereocenters. The van der Waals surface area contributed by atoms with Crippen LogP contribution in [0.4, 0.5) is 11.5 Å². The number of nitrogens with zero attached hydrogens (tertiary/aromatic N) is 5. The summed E-state index contributed by atoms with van der Waals surface area (Å²) in [4.78, 5) is 31.9. The number of aryl methyl sites for hydroxylation is 2. The van der Waals surface area contributed by atoms with Gasteiger partial charge in [0.25, 0.3) is 0 Å². The fourth-order valence-corrected chi connectivity index (χ4v) is 3.70. The van der Waals surface area contributed by atoms with E-state index in [2.05, 4.69) is 20.3 Å². The molecule has 0 saturated carbocycles. The van der Waals surface area contributed by atoms with Crippen LogP contribution in [-0.2, 0) is 11.3 Å². The van der Waals surface area contributed by atoms with E-state index in [4.69, 9.17) is 0 Å². The summed E-state index contributed by atoms with van der Waals surface area (Å²) >= 11 is 0. The molecule has 1 aliphatic rings. The summed E-state index contributed by atoms with van der Waals surface area (Å²) in [6.07, 6.45) is 7.84. The van der Waals surface area contributed by atoms with Gasteiger partial charge < -0.3 is 10.2 Å². The van der Waals surface area contributed by atoms with E-state index in [9.17, 15) is 9.59 Å². The van der Waals surface area contributed by atoms with Crippen LogP contribution in [0.5, 0.6) is 0 Å². The van der Waals surface area contributed by atoms with Crippen LogP contribution in [0.3, 0.4) is 0 Å². The normalized spacial score (nSPS) is 14.8. The van der Waals surface area contributed by atoms with Crippen molar-refractivity contribution in [3.63, 3.8) is 0 Å². The fourth-order valence-electron chi connectivity index (χ4n) is 3.70. The molecule has 0 atom stereocenters. The van der Waals surface area contributed by atoms with Crippen LogP contribution >= 0.6 is 0 Å². The maximum atomic E-state index is 12.8. The third-order valence-electron chi connectivity index (χ3n) is 5.47. The summed E-state index contributed by atoms with van der Waals surface area (Å²) < 4.78 is 2.67. The van der Waals surface area contributed by atoms with Gasteiger partial charge in [0.05, 0.1) is 0 Å². The Labute approximate surface area is 169 Å². The standard InChI is InChI=1S/C21H26N6O2/c1-15-7-8-17(13-16(15)2)23-18(28)14-27-21(29)26-12-9-22-19(20(26)24-27)25-10-5-3-4-6-11-25/h7-9,12-13H,3-6,10-11,14H2,1-2H3,(H,23,28). The molecule has 152 valence electrons. The van der Waals surface area contributed by atoms with Crippen molar-refractivity contribution in [1.82, 2.24) is 19.2 Å². The lowest BCUT2D eigenvalue weighted by Gasteiger charge is -2.20. The SMILES string of the molecule is Cc1ccc(NC(=O)Cn2nc3c(N4CCCCCC4)nccn3c2=O)cc1C. The van der Waals surface area contributed by atoms with Crippen molar-refractivity contribution in [2.45, 2.75) is 46.1 Å². The predicted molar refractivity (Wildman–Crippen MR) is 112 cm³/mol. The van der Waals surface area contributed by atoms with Crippen LogP contribution in [0.15, 0.2) is 35.4 Å². The van der Waals surface area contributed by atoms with Gasteiger partial charge >= 0.3 is 5.69 Å². The zero-order valence-corrected chi connectivity index (χ0v) is 16.9. The summed E-state index contributed by atoms with van der Waals surface area (Å²) in [6.45, 7) is 5.68. The molecular weight excluding hydrogens is 368 g/mol. The zero-order chi connectivity index (χ0) is 20.4. The quantitative estimate of drug-likeness (QED) is 0.735. The first-order chi connectivity index (χ1) is 14.0. The highest BCUT2D eigenvalue weighted by Crippen LogP contribution is 2.20. The molecular formula is C21H26N6O2. The van der Waals surface area contributed by atoms with Gasteiger partial charge in [-0.15, -0.1) is 5.10 Å². The third-order valence-corrected chi connectivity index (χ3v) is 5.47. The van der Waals surface area contributed by atoms with Gasteiger partial charge in [-0.05, 0) is 49.9 Å². The largest absolute Gasteiger partial charge is 0.353 e. The van der Waals surface area contributed by atoms with Gasteiger partial charge in [-0.2, -0.15) is 0 Å². The lowest BCUT2D eigenvalue weighted by atomic mass is 10.1. The highest BCUT2D eigenvalue weighted by molar-refractivity contribution is 5.90. The summed E-state index contributed by atoms with van der Waals surface area (Å²) in [5.74, 6) is 0.419. The van der Waals surface area contributed by atoms with Crippen molar-refractivity contribution >= 4 is 23.1 Å². The summed E-state index contributed by atoms with van der Waals surface area (Å²) in [5.41, 5.74) is 3.13. The van der Waals surface area contributed by atoms with E-state index in [1.807, 2.05) is 32.0 Å². The van der Waals surface area contributed by atoms with Gasteiger partial charge in [-0.25, -0.2) is 18.9 Å². The first-order valence-corrected chi connectivity index (χ1v) is 10.1. The van der Waals surface area contributed by atoms with Crippen LogP contribution in [0, 0.1) is 13.8 Å². The molecule has 0 radical (unpaired) electrons. The molecule has 1 fully saturated rings. The lowest BCUT2D eigenvalue weighted by molar-refractivity contribution is -0.117. The van der Waals surface area contributed by atoms with E-state index in [1.165, 1.54) is 21.9 Å². The number of carbonyl (C=O) groups is 1. The van der Waals surface area contributed by atoms with Crippen molar-refractivity contribution < 1.29 is 4.79 Å². The molecule has 1 N–H and O–H groups in total. The Hall–Kier alpha value is -3.16. The van der Waals surface area contributed by atoms with Gasteiger partial charge in [-0.3, -0.25) is 4.79 Å². The molecule has 0 spiro atoms. The molecule has 2 aromatic heterocycles. The van der Waals surface area contributed by atoms with Crippen LogP contribution in [0.2, 0.25) is 0 Å². The van der Waals surface area contributed by atoms with Gasteiger partial charge in [0.2, 0.25) is 11.6 Å². The second-order valence-electron chi connectivity index (χ2n) is 7.63. The Morgan fingerprint density at radius 2 is 1.86 bits per heavy atom. The van der Waals surface area contributed by atoms with E-state index in [1.54, 1.807) is 12.4 Å². The number of nitrogens with one attached hydrogen (secondary N) is 1. The summed E-state index contributed by atoms with van der Waals surface area (Å²) in [5, 5.41) is 7.28. The number of amides is 1. The monoisotopic (exact) mass is 394 g/mol. The molecule has 4 rings (SSSR count). The molecule has 1 saturated heterocycles. The van der Waals surface area contributed by atoms with E-state index in [-0.39, 0.29) is 18.1 Å². The minimum Gasteiger partial charge on any atom is -0.353 e. The molecule has 3 heterocycles. The van der Waals surface area contributed by atoms with E-state index in [0.29, 0.717) is 17.2 Å². The molecule has 1 amide bonds. The summed E-state index contributed by atoms with van der Waals surface area (Å²) in [6, 6.07) is 5.73. The topological polar surface area (TPSA) is 84.5 Å². The van der Waals surface area contributed by atoms with Gasteiger partial charge in [0.1, 0.15) is 6.54 Å². The molecule has 8 heteroatoms. The zero-order valence-electron chi connectivity index (χ0n) is 16.9. The number of rotatable bonds is 4. The van der Waals surface area contributed by atoms with Crippen molar-refractivity contribution in [2.24, 2.45) is 0 Å². The third kappa shape index (κ3) is 4.01. The fraction of sp³-hybridized carbons (Fsp3) is 0.429. The molecule has 0 bridgehead atoms. The number of aromatic nitrogens is 4. The average Bonchev–Trinajstić information content (AvgIpc) is 2.88. The van der Waals surface area contributed by atoms with Gasteiger partial charge in [-0.1, -0.05) is 18.9 Å². The number of hydrogen-bond donors (Lipinski definition) is 1. The Morgan fingerprint density at radius 1 is 1.10 bits per heavy atom. The van der Waals surface area contributed by atoms with Crippen LogP contribution < -0.4 is 15.9 Å². The number of carbonyl (C=O) groups excluding carboxylic acids is 1. The highest BCUT2D eigenvalue weighted by atomic mass is 16.2. The molecule has 8 nitrogen and oxygen atoms in total. The average molecular weight is 394 g/mol. The Morgan fingerprint density at radius 3 is 2.59 bits per heavy atom. The van der Waals surface area contributed by atoms with Crippen molar-refractivity contribution in [3.8, 4) is 0 Å². The van der Waals surface area contributed by atoms with Crippen molar-refractivity contribution in [1.29, 1.82) is 0 Å². The van der Waals surface area contributed by atoms with E-state index in [0.717, 1.165) is 37.1 Å². The smallest absolute Gasteiger partial charge is 0.350 e. The Kier molecular flexibility index (Phi) is 5.33. The van der Waals surface area contributed by atoms with Gasteiger partial charge in [0.15, 0.2) is 5.82 Å². The Balaban J connectivity index is 1.58. The number of benzene rings is 1. The molecule has 1 aromatic carbocycles. The second kappa shape index (κ2) is 8.06. The van der Waals surface area contributed by atoms with Crippen LogP contribution in [0.1, 0.15) is 36.8 Å². The molecule has 3 aromatic rings. The highest BCUT2D eigenvalue weighted by Gasteiger charge is 2.19. The first-order valence-electron chi connectivity index (χ1n) is 10.1. The molecule has 29 heavy (non-hydrogen) atoms. The number of fused-ring (bicyclic) bond motifs is 1. The first kappa shape index (κ1) is 19.2. The van der Waals surface area contributed by atoms with Gasteiger partial charge in [0, 0.05) is 31.2 Å². The maximum Gasteiger partial charge on any atom is 0.350 e. The van der Waals surface area contributed by atoms with Crippen LogP contribution in [0.25, 0.3) is 5.65 Å². The number of anilines is 2. The maximum absolute atomic E-state index is 12.8. The summed E-state index contributed by atoms with van der Waals surface area (Å²) in [7, 11) is 0. The van der Waals surface area contributed by atoms with Crippen molar-refractivity contribution in [2.75, 3.05) is 23.3 Å². The lowest BCUT2D eigenvalue weighted by Crippen LogP contribution is -2.28. The predicted octanol–water partition coefficient (Wildman–Crippen LogP) is 2.53. The second-order valence-corrected chi connectivity index (χ2v) is 7.63. The molecule has 1 aliphatic heterocycles. The number of hydrogen-bond acceptors (Lipinski definition) is 5. The molecule has 0 aliphatic carbocycles. The Bertz CT molecular complexity index is 1090. The minimum atomic E-state index is -0.339. The van der Waals surface area contributed by atoms with E-state index < -0.39 is 0 Å². The minimum absolute atomic E-state index is 0.146. The van der Waals surface area contributed by atoms with Crippen LogP contribution in [-0.4, -0.2) is 38.2 Å².